The van der Waals surface area contributed by atoms with E-state index in [4.69, 9.17) is 4.42 Å². The van der Waals surface area contributed by atoms with Crippen molar-refractivity contribution in [3.8, 4) is 11.1 Å². The largest absolute Gasteiger partial charge is 0.460 e. The lowest BCUT2D eigenvalue weighted by Gasteiger charge is -2.41. The summed E-state index contributed by atoms with van der Waals surface area (Å²) in [5.74, 6) is 0.905. The summed E-state index contributed by atoms with van der Waals surface area (Å²) in [5, 5.41) is 1.04. The maximum Gasteiger partial charge on any atom is 0.242 e. The summed E-state index contributed by atoms with van der Waals surface area (Å²) in [6.45, 7) is 34.3. The summed E-state index contributed by atoms with van der Waals surface area (Å²) in [6, 6.07) is 59.3. The fourth-order valence-electron chi connectivity index (χ4n) is 10.5. The van der Waals surface area contributed by atoms with E-state index in [2.05, 4.69) is 285 Å². The first kappa shape index (κ1) is 51.8. The Balaban J connectivity index is 1.55. The molecule has 368 valence electrons. The summed E-state index contributed by atoms with van der Waals surface area (Å²) in [6.07, 6.45) is 8.59. The van der Waals surface area contributed by atoms with Crippen molar-refractivity contribution in [3.63, 3.8) is 0 Å². The molecule has 0 radical (unpaired) electrons. The van der Waals surface area contributed by atoms with Crippen LogP contribution >= 0.6 is 0 Å². The summed E-state index contributed by atoms with van der Waals surface area (Å²) >= 11 is 0. The van der Waals surface area contributed by atoms with Crippen molar-refractivity contribution in [1.82, 2.24) is 0 Å². The summed E-state index contributed by atoms with van der Waals surface area (Å²) in [7, 11) is 0. The molecule has 2 heterocycles. The predicted octanol–water partition coefficient (Wildman–Crippen LogP) is 17.6. The molecule has 1 aliphatic heterocycles. The highest BCUT2D eigenvalue weighted by molar-refractivity contribution is 6.92. The maximum absolute atomic E-state index is 7.18. The molecule has 8 rings (SSSR count). The molecule has 6 aromatic carbocycles. The normalized spacial score (nSPS) is 13.8. The van der Waals surface area contributed by atoms with E-state index in [1.54, 1.807) is 0 Å². The van der Waals surface area contributed by atoms with E-state index < -0.39 is 0 Å². The van der Waals surface area contributed by atoms with Crippen molar-refractivity contribution in [2.75, 3.05) is 4.90 Å². The Kier molecular flexibility index (Phi) is 14.7. The van der Waals surface area contributed by atoms with Gasteiger partial charge in [-0.3, -0.25) is 0 Å². The predicted molar refractivity (Wildman–Crippen MR) is 314 cm³/mol. The highest BCUT2D eigenvalue weighted by Gasteiger charge is 2.39. The fourth-order valence-corrected chi connectivity index (χ4v) is 10.5. The molecule has 72 heavy (non-hydrogen) atoms. The number of nitrogens with zero attached hydrogens (tertiary/aromatic N) is 1. The van der Waals surface area contributed by atoms with Crippen LogP contribution in [0.2, 0.25) is 0 Å². The van der Waals surface area contributed by atoms with Crippen molar-refractivity contribution in [2.45, 2.75) is 138 Å². The number of para-hydroxylation sites is 2. The van der Waals surface area contributed by atoms with Crippen LogP contribution < -0.4 is 15.8 Å². The van der Waals surface area contributed by atoms with Crippen LogP contribution in [0.4, 0.5) is 11.4 Å². The Hall–Kier alpha value is -6.58. The van der Waals surface area contributed by atoms with Gasteiger partial charge in [-0.05, 0) is 118 Å². The molecule has 0 aliphatic carbocycles. The van der Waals surface area contributed by atoms with Gasteiger partial charge in [-0.2, -0.15) is 0 Å². The topological polar surface area (TPSA) is 16.4 Å². The fraction of sp³-hybridized carbons (Fsp3) is 0.304. The number of rotatable bonds is 9. The number of allylic oxidation sites excluding steroid dienone is 5. The van der Waals surface area contributed by atoms with Gasteiger partial charge in [0.15, 0.2) is 0 Å². The van der Waals surface area contributed by atoms with Gasteiger partial charge in [-0.25, -0.2) is 0 Å². The van der Waals surface area contributed by atoms with Crippen molar-refractivity contribution in [3.05, 3.63) is 237 Å². The molecule has 0 bridgehead atoms. The van der Waals surface area contributed by atoms with Crippen LogP contribution in [0.3, 0.4) is 0 Å². The van der Waals surface area contributed by atoms with E-state index in [1.165, 1.54) is 72.3 Å². The van der Waals surface area contributed by atoms with Gasteiger partial charge in [0.1, 0.15) is 11.3 Å². The first-order chi connectivity index (χ1) is 34.0. The summed E-state index contributed by atoms with van der Waals surface area (Å²) in [4.78, 5) is 2.61. The molecule has 0 saturated carbocycles. The van der Waals surface area contributed by atoms with Gasteiger partial charge >= 0.3 is 0 Å². The monoisotopic (exact) mass is 948 g/mol. The van der Waals surface area contributed by atoms with Gasteiger partial charge in [0.25, 0.3) is 0 Å². The molecule has 0 unspecified atom stereocenters. The van der Waals surface area contributed by atoms with Crippen LogP contribution in [0.25, 0.3) is 22.1 Å². The Morgan fingerprint density at radius 3 is 1.75 bits per heavy atom. The lowest BCUT2D eigenvalue weighted by molar-refractivity contribution is 0.512. The van der Waals surface area contributed by atoms with Crippen LogP contribution in [0.1, 0.15) is 135 Å². The van der Waals surface area contributed by atoms with Crippen LogP contribution in [0.5, 0.6) is 0 Å². The molecule has 1 aromatic heterocycles. The number of fused-ring (bicyclic) bond motifs is 2. The van der Waals surface area contributed by atoms with Gasteiger partial charge < -0.3 is 9.32 Å². The first-order valence-corrected chi connectivity index (χ1v) is 26.2. The number of hydrogen-bond donors (Lipinski definition) is 0. The van der Waals surface area contributed by atoms with E-state index in [1.807, 2.05) is 0 Å². The molecule has 0 fully saturated rings. The average Bonchev–Trinajstić information content (AvgIpc) is 3.40. The minimum absolute atomic E-state index is 0.0391. The van der Waals surface area contributed by atoms with Gasteiger partial charge in [0.05, 0.1) is 5.69 Å². The Morgan fingerprint density at radius 1 is 0.528 bits per heavy atom. The van der Waals surface area contributed by atoms with Gasteiger partial charge in [-0.15, -0.1) is 0 Å². The third kappa shape index (κ3) is 11.2. The average molecular weight is 948 g/mol. The standard InChI is InChI=1S/C69H78BNO/c1-16-25-51(42-49-26-18-17-19-27-49)44-64-60(43-50-35-38-53(39-36-50)66(4,5)6)70(59-45-54(67(7,8)9)37-34-47(59)2)61-46-55(68(10,11)12)40-41-63(61)71(64)62-33-23-21-30-56(62)57-31-24-29-52-28-20-22-32-58(69(13,14)15)48(3)72-65(52)57/h16-41,44-46H,42-43H2,1-15H3/b25-16+,28-20?,32-22?,51-44+,58-48?. The van der Waals surface area contributed by atoms with Crippen molar-refractivity contribution in [1.29, 1.82) is 0 Å². The lowest BCUT2D eigenvalue weighted by atomic mass is 9.33. The second-order valence-corrected chi connectivity index (χ2v) is 24.3. The van der Waals surface area contributed by atoms with E-state index in [0.29, 0.717) is 0 Å². The van der Waals surface area contributed by atoms with Crippen molar-refractivity contribution in [2.24, 2.45) is 0 Å². The highest BCUT2D eigenvalue weighted by atomic mass is 16.3. The third-order valence-electron chi connectivity index (χ3n) is 14.6. The zero-order chi connectivity index (χ0) is 51.8. The third-order valence-corrected chi connectivity index (χ3v) is 14.6. The number of benzene rings is 6. The molecule has 2 nitrogen and oxygen atoms in total. The van der Waals surface area contributed by atoms with Crippen molar-refractivity contribution >= 4 is 40.0 Å². The van der Waals surface area contributed by atoms with Crippen LogP contribution in [0, 0.1) is 13.8 Å². The minimum Gasteiger partial charge on any atom is -0.460 e. The van der Waals surface area contributed by atoms with Crippen molar-refractivity contribution < 1.29 is 4.42 Å². The lowest BCUT2D eigenvalue weighted by Crippen LogP contribution is -2.52. The molecular weight excluding hydrogens is 870 g/mol. The van der Waals surface area contributed by atoms with Gasteiger partial charge in [-0.1, -0.05) is 257 Å². The molecule has 1 aliphatic rings. The van der Waals surface area contributed by atoms with E-state index >= 15 is 0 Å². The Labute approximate surface area is 434 Å². The second-order valence-electron chi connectivity index (χ2n) is 24.3. The quantitative estimate of drug-likeness (QED) is 0.106. The molecule has 0 spiro atoms. The van der Waals surface area contributed by atoms with Gasteiger partial charge in [0, 0.05) is 27.9 Å². The molecule has 0 N–H and O–H groups in total. The highest BCUT2D eigenvalue weighted by Crippen LogP contribution is 2.45. The first-order valence-electron chi connectivity index (χ1n) is 26.2. The van der Waals surface area contributed by atoms with Crippen LogP contribution in [-0.4, -0.2) is 6.71 Å². The Bertz CT molecular complexity index is 3240. The zero-order valence-corrected chi connectivity index (χ0v) is 46.1. The number of hydrogen-bond acceptors (Lipinski definition) is 2. The zero-order valence-electron chi connectivity index (χ0n) is 46.1. The minimum atomic E-state index is -0.115. The number of aryl methyl sites for hydroxylation is 2. The molecular formula is C69H78BNO. The van der Waals surface area contributed by atoms with E-state index in [0.717, 1.165) is 46.4 Å². The Morgan fingerprint density at radius 2 is 1.10 bits per heavy atom. The van der Waals surface area contributed by atoms with E-state index in [9.17, 15) is 0 Å². The molecule has 0 atom stereocenters. The van der Waals surface area contributed by atoms with Crippen LogP contribution in [0.15, 0.2) is 197 Å². The SMILES string of the molecule is C/C=C/C(=C\C1=C(Cc2ccc(C(C)(C)C)cc2)B(c2cc(C(C)(C)C)ccc2C)c2cc(C(C)(C)C)ccc2N1c1ccccc1-c1cccc2ccccc(C(C)(C)C)c(C)oc12)Cc1ccccc1. The molecule has 3 heteroatoms. The van der Waals surface area contributed by atoms with E-state index in [-0.39, 0.29) is 28.4 Å². The van der Waals surface area contributed by atoms with Gasteiger partial charge in [0.2, 0.25) is 6.71 Å². The van der Waals surface area contributed by atoms with Crippen LogP contribution in [-0.2, 0) is 34.5 Å². The molecule has 7 aromatic rings. The smallest absolute Gasteiger partial charge is 0.242 e. The molecule has 0 saturated heterocycles. The maximum atomic E-state index is 7.18. The summed E-state index contributed by atoms with van der Waals surface area (Å²) in [5.41, 5.74) is 20.6. The number of anilines is 2. The molecule has 0 amide bonds. The second kappa shape index (κ2) is 20.5. The summed E-state index contributed by atoms with van der Waals surface area (Å²) < 4.78 is 7.18.